The summed E-state index contributed by atoms with van der Waals surface area (Å²) in [6.45, 7) is 2.27. The number of nitrogens with two attached hydrogens (primary N) is 1. The monoisotopic (exact) mass is 379 g/mol. The standard InChI is InChI=1S/C20H21N5O3/c1-12(21)11-26-19-6-5-18-23-10-15(25(18)24-19)17-9-14-16(28-17)7-8-22-20(14)27-13-3-2-4-13/h5-10,12-13H,2-4,11,21H2,1H3/t12-/m1/s1. The van der Waals surface area contributed by atoms with Gasteiger partial charge in [-0.25, -0.2) is 14.5 Å². The first-order valence-corrected chi connectivity index (χ1v) is 9.46. The minimum atomic E-state index is -0.0725. The molecule has 0 unspecified atom stereocenters. The van der Waals surface area contributed by atoms with E-state index in [2.05, 4.69) is 15.1 Å². The van der Waals surface area contributed by atoms with Crippen LogP contribution in [0, 0.1) is 0 Å². The quantitative estimate of drug-likeness (QED) is 0.549. The Balaban J connectivity index is 1.53. The number of hydrogen-bond acceptors (Lipinski definition) is 7. The van der Waals surface area contributed by atoms with Gasteiger partial charge in [0.25, 0.3) is 0 Å². The molecular weight excluding hydrogens is 358 g/mol. The van der Waals surface area contributed by atoms with Crippen LogP contribution in [-0.2, 0) is 0 Å². The summed E-state index contributed by atoms with van der Waals surface area (Å²) < 4.78 is 19.4. The molecule has 144 valence electrons. The second-order valence-corrected chi connectivity index (χ2v) is 7.18. The molecule has 1 saturated carbocycles. The summed E-state index contributed by atoms with van der Waals surface area (Å²) in [5.41, 5.74) is 7.91. The van der Waals surface area contributed by atoms with Crippen molar-refractivity contribution < 1.29 is 13.9 Å². The van der Waals surface area contributed by atoms with Crippen LogP contribution in [0.3, 0.4) is 0 Å². The smallest absolute Gasteiger partial charge is 0.231 e. The lowest BCUT2D eigenvalue weighted by Crippen LogP contribution is -2.24. The van der Waals surface area contributed by atoms with Gasteiger partial charge in [-0.05, 0) is 38.3 Å². The van der Waals surface area contributed by atoms with Gasteiger partial charge in [0.2, 0.25) is 11.8 Å². The van der Waals surface area contributed by atoms with E-state index in [1.165, 1.54) is 6.42 Å². The topological polar surface area (TPSA) is 101 Å². The van der Waals surface area contributed by atoms with Gasteiger partial charge in [-0.15, -0.1) is 5.10 Å². The van der Waals surface area contributed by atoms with E-state index < -0.39 is 0 Å². The predicted octanol–water partition coefficient (Wildman–Crippen LogP) is 3.19. The fraction of sp³-hybridized carbons (Fsp3) is 0.350. The van der Waals surface area contributed by atoms with Crippen LogP contribution in [0.15, 0.2) is 41.1 Å². The third kappa shape index (κ3) is 3.05. The molecule has 0 radical (unpaired) electrons. The number of fused-ring (bicyclic) bond motifs is 2. The fourth-order valence-electron chi connectivity index (χ4n) is 3.12. The Morgan fingerprint density at radius 1 is 1.29 bits per heavy atom. The SMILES string of the molecule is C[C@@H](N)COc1ccc2ncc(-c3cc4c(OC5CCC5)nccc4o3)n2n1. The number of ether oxygens (including phenoxy) is 2. The minimum Gasteiger partial charge on any atom is -0.475 e. The first-order valence-electron chi connectivity index (χ1n) is 9.46. The summed E-state index contributed by atoms with van der Waals surface area (Å²) in [5.74, 6) is 1.74. The molecule has 4 aromatic heterocycles. The Labute approximate surface area is 161 Å². The van der Waals surface area contributed by atoms with Crippen LogP contribution in [0.4, 0.5) is 0 Å². The van der Waals surface area contributed by atoms with Gasteiger partial charge >= 0.3 is 0 Å². The van der Waals surface area contributed by atoms with Crippen LogP contribution >= 0.6 is 0 Å². The van der Waals surface area contributed by atoms with Gasteiger partial charge in [0.15, 0.2) is 11.4 Å². The molecule has 5 rings (SSSR count). The molecule has 1 aliphatic rings. The van der Waals surface area contributed by atoms with E-state index in [-0.39, 0.29) is 12.1 Å². The van der Waals surface area contributed by atoms with Gasteiger partial charge in [0, 0.05) is 24.4 Å². The van der Waals surface area contributed by atoms with Crippen molar-refractivity contribution in [2.24, 2.45) is 5.73 Å². The van der Waals surface area contributed by atoms with Crippen LogP contribution < -0.4 is 15.2 Å². The van der Waals surface area contributed by atoms with Crippen molar-refractivity contribution in [2.75, 3.05) is 6.61 Å². The lowest BCUT2D eigenvalue weighted by Gasteiger charge is -2.25. The number of pyridine rings is 1. The number of hydrogen-bond donors (Lipinski definition) is 1. The lowest BCUT2D eigenvalue weighted by molar-refractivity contribution is 0.116. The van der Waals surface area contributed by atoms with E-state index in [1.54, 1.807) is 23.0 Å². The largest absolute Gasteiger partial charge is 0.475 e. The Morgan fingerprint density at radius 3 is 2.96 bits per heavy atom. The zero-order valence-electron chi connectivity index (χ0n) is 15.5. The maximum Gasteiger partial charge on any atom is 0.231 e. The number of furan rings is 1. The summed E-state index contributed by atoms with van der Waals surface area (Å²) in [6, 6.07) is 7.32. The average Bonchev–Trinajstić information content (AvgIpc) is 3.26. The third-order valence-electron chi connectivity index (χ3n) is 4.82. The molecule has 1 atom stereocenters. The van der Waals surface area contributed by atoms with Gasteiger partial charge < -0.3 is 19.6 Å². The summed E-state index contributed by atoms with van der Waals surface area (Å²) in [4.78, 5) is 8.80. The van der Waals surface area contributed by atoms with Crippen molar-refractivity contribution >= 4 is 16.6 Å². The van der Waals surface area contributed by atoms with Crippen molar-refractivity contribution in [3.05, 3.63) is 36.7 Å². The molecule has 4 aromatic rings. The van der Waals surface area contributed by atoms with Gasteiger partial charge in [0.1, 0.15) is 24.0 Å². The lowest BCUT2D eigenvalue weighted by atomic mass is 9.96. The van der Waals surface area contributed by atoms with E-state index in [4.69, 9.17) is 19.6 Å². The second kappa shape index (κ2) is 6.79. The molecule has 0 spiro atoms. The minimum absolute atomic E-state index is 0.0725. The maximum atomic E-state index is 6.05. The van der Waals surface area contributed by atoms with Crippen LogP contribution in [-0.4, -0.2) is 38.3 Å². The molecule has 8 nitrogen and oxygen atoms in total. The van der Waals surface area contributed by atoms with Crippen LogP contribution in [0.1, 0.15) is 26.2 Å². The summed E-state index contributed by atoms with van der Waals surface area (Å²) in [5, 5.41) is 5.37. The van der Waals surface area contributed by atoms with E-state index >= 15 is 0 Å². The molecule has 0 amide bonds. The molecule has 1 aliphatic carbocycles. The Hall–Kier alpha value is -3.13. The Morgan fingerprint density at radius 2 is 2.18 bits per heavy atom. The van der Waals surface area contributed by atoms with Crippen LogP contribution in [0.5, 0.6) is 11.8 Å². The summed E-state index contributed by atoms with van der Waals surface area (Å²) in [7, 11) is 0. The van der Waals surface area contributed by atoms with Crippen molar-refractivity contribution in [1.29, 1.82) is 0 Å². The maximum absolute atomic E-state index is 6.05. The normalized spacial score (nSPS) is 15.6. The molecule has 0 saturated heterocycles. The number of nitrogens with zero attached hydrogens (tertiary/aromatic N) is 4. The first-order chi connectivity index (χ1) is 13.7. The van der Waals surface area contributed by atoms with Gasteiger partial charge in [-0.1, -0.05) is 0 Å². The average molecular weight is 379 g/mol. The van der Waals surface area contributed by atoms with Crippen molar-refractivity contribution in [3.8, 4) is 23.2 Å². The van der Waals surface area contributed by atoms with Crippen LogP contribution in [0.2, 0.25) is 0 Å². The first kappa shape index (κ1) is 17.0. The zero-order chi connectivity index (χ0) is 19.1. The molecule has 4 heterocycles. The molecular formula is C20H21N5O3. The van der Waals surface area contributed by atoms with Crippen LogP contribution in [0.25, 0.3) is 28.1 Å². The molecule has 2 N–H and O–H groups in total. The predicted molar refractivity (Wildman–Crippen MR) is 103 cm³/mol. The summed E-state index contributed by atoms with van der Waals surface area (Å²) in [6.07, 6.45) is 7.04. The Kier molecular flexibility index (Phi) is 4.12. The molecule has 8 heteroatoms. The number of aromatic nitrogens is 4. The van der Waals surface area contributed by atoms with Gasteiger partial charge in [-0.2, -0.15) is 0 Å². The van der Waals surface area contributed by atoms with E-state index in [0.29, 0.717) is 29.8 Å². The highest BCUT2D eigenvalue weighted by molar-refractivity contribution is 5.86. The van der Waals surface area contributed by atoms with Crippen molar-refractivity contribution in [3.63, 3.8) is 0 Å². The highest BCUT2D eigenvalue weighted by Crippen LogP contribution is 2.34. The second-order valence-electron chi connectivity index (χ2n) is 7.18. The van der Waals surface area contributed by atoms with E-state index in [0.717, 1.165) is 29.5 Å². The molecule has 0 aromatic carbocycles. The molecule has 28 heavy (non-hydrogen) atoms. The van der Waals surface area contributed by atoms with Gasteiger partial charge in [-0.3, -0.25) is 0 Å². The van der Waals surface area contributed by atoms with Crippen molar-refractivity contribution in [2.45, 2.75) is 38.3 Å². The molecule has 0 aliphatic heterocycles. The highest BCUT2D eigenvalue weighted by Gasteiger charge is 2.22. The van der Waals surface area contributed by atoms with E-state index in [1.807, 2.05) is 25.1 Å². The van der Waals surface area contributed by atoms with E-state index in [9.17, 15) is 0 Å². The number of rotatable bonds is 6. The zero-order valence-corrected chi connectivity index (χ0v) is 15.5. The fourth-order valence-corrected chi connectivity index (χ4v) is 3.12. The third-order valence-corrected chi connectivity index (χ3v) is 4.82. The number of imidazole rings is 1. The summed E-state index contributed by atoms with van der Waals surface area (Å²) >= 11 is 0. The Bertz CT molecular complexity index is 1130. The van der Waals surface area contributed by atoms with Gasteiger partial charge in [0.05, 0.1) is 11.6 Å². The van der Waals surface area contributed by atoms with Crippen molar-refractivity contribution in [1.82, 2.24) is 19.6 Å². The highest BCUT2D eigenvalue weighted by atomic mass is 16.5. The molecule has 1 fully saturated rings. The molecule has 0 bridgehead atoms.